The molecule has 0 saturated heterocycles. The molecular weight excluding hydrogens is 707 g/mol. The van der Waals surface area contributed by atoms with Crippen LogP contribution in [0, 0.1) is 0 Å². The molecule has 0 bridgehead atoms. The van der Waals surface area contributed by atoms with Crippen LogP contribution < -0.4 is 0 Å². The quantitative estimate of drug-likeness (QED) is 0.181. The number of aromatic nitrogens is 3. The fourth-order valence-corrected chi connectivity index (χ4v) is 9.63. The minimum atomic E-state index is 0.639. The Kier molecular flexibility index (Phi) is 6.41. The number of furan rings is 1. The highest BCUT2D eigenvalue weighted by Crippen LogP contribution is 2.50. The van der Waals surface area contributed by atoms with E-state index in [4.69, 9.17) is 14.4 Å². The Labute approximate surface area is 332 Å². The Morgan fingerprint density at radius 1 is 0.379 bits per heavy atom. The van der Waals surface area contributed by atoms with E-state index in [0.29, 0.717) is 5.95 Å². The fraction of sp³-hybridized carbons (Fsp3) is 0. The highest BCUT2D eigenvalue weighted by Gasteiger charge is 2.28. The van der Waals surface area contributed by atoms with E-state index in [9.17, 15) is 0 Å². The summed E-state index contributed by atoms with van der Waals surface area (Å²) in [6, 6.07) is 67.3. The van der Waals surface area contributed by atoms with E-state index in [1.54, 1.807) is 0 Å². The SMILES string of the molecule is c1ccc(C2=C(c3ccccc3)c3cccc4c3c3c5c2cccc5ccc3n4-c2nc(-c3ccc4oc5cc6ccccc6cc5c4c3)c3ccccc3n2)cc1. The van der Waals surface area contributed by atoms with E-state index >= 15 is 0 Å². The van der Waals surface area contributed by atoms with Crippen molar-refractivity contribution >= 4 is 87.3 Å². The van der Waals surface area contributed by atoms with Crippen molar-refractivity contribution in [1.29, 1.82) is 0 Å². The summed E-state index contributed by atoms with van der Waals surface area (Å²) in [5.74, 6) is 0.639. The number of hydrogen-bond donors (Lipinski definition) is 0. The first-order valence-corrected chi connectivity index (χ1v) is 19.7. The first kappa shape index (κ1) is 31.4. The second kappa shape index (κ2) is 11.8. The molecule has 9 aromatic carbocycles. The van der Waals surface area contributed by atoms with E-state index < -0.39 is 0 Å². The van der Waals surface area contributed by atoms with Crippen LogP contribution in [-0.2, 0) is 0 Å². The van der Waals surface area contributed by atoms with Gasteiger partial charge in [-0.15, -0.1) is 0 Å². The molecule has 0 N–H and O–H groups in total. The molecule has 268 valence electrons. The molecule has 0 saturated carbocycles. The van der Waals surface area contributed by atoms with Gasteiger partial charge in [-0.3, -0.25) is 4.57 Å². The van der Waals surface area contributed by atoms with E-state index in [-0.39, 0.29) is 0 Å². The molecule has 1 aliphatic rings. The average Bonchev–Trinajstić information content (AvgIpc) is 3.78. The lowest BCUT2D eigenvalue weighted by Crippen LogP contribution is -2.04. The van der Waals surface area contributed by atoms with Crippen LogP contribution in [0.4, 0.5) is 0 Å². The number of para-hydroxylation sites is 1. The first-order chi connectivity index (χ1) is 28.8. The lowest BCUT2D eigenvalue weighted by atomic mass is 9.85. The highest BCUT2D eigenvalue weighted by atomic mass is 16.3. The smallest absolute Gasteiger partial charge is 0.235 e. The predicted octanol–water partition coefficient (Wildman–Crippen LogP) is 13.9. The normalized spacial score (nSPS) is 12.8. The largest absolute Gasteiger partial charge is 0.456 e. The summed E-state index contributed by atoms with van der Waals surface area (Å²) in [6.45, 7) is 0. The molecule has 4 nitrogen and oxygen atoms in total. The fourth-order valence-electron chi connectivity index (χ4n) is 9.63. The maximum absolute atomic E-state index is 6.42. The third kappa shape index (κ3) is 4.40. The molecule has 58 heavy (non-hydrogen) atoms. The molecular formula is C54H31N3O. The van der Waals surface area contributed by atoms with Crippen LogP contribution in [0.15, 0.2) is 192 Å². The third-order valence-electron chi connectivity index (χ3n) is 12.1. The summed E-state index contributed by atoms with van der Waals surface area (Å²) in [6.07, 6.45) is 0. The van der Waals surface area contributed by atoms with Gasteiger partial charge in [0.25, 0.3) is 0 Å². The summed E-state index contributed by atoms with van der Waals surface area (Å²) in [7, 11) is 0. The number of rotatable bonds is 4. The Hall–Kier alpha value is -7.82. The number of benzene rings is 9. The second-order valence-electron chi connectivity index (χ2n) is 15.3. The zero-order chi connectivity index (χ0) is 37.9. The van der Waals surface area contributed by atoms with E-state index in [1.807, 2.05) is 0 Å². The Morgan fingerprint density at radius 3 is 1.81 bits per heavy atom. The molecule has 13 rings (SSSR count). The number of nitrogens with zero attached hydrogens (tertiary/aromatic N) is 3. The first-order valence-electron chi connectivity index (χ1n) is 19.7. The summed E-state index contributed by atoms with van der Waals surface area (Å²) >= 11 is 0. The molecule has 0 spiro atoms. The number of hydrogen-bond acceptors (Lipinski definition) is 3. The van der Waals surface area contributed by atoms with Crippen molar-refractivity contribution in [3.63, 3.8) is 0 Å². The summed E-state index contributed by atoms with van der Waals surface area (Å²) in [5.41, 5.74) is 13.9. The number of fused-ring (bicyclic) bond motifs is 5. The molecule has 0 aliphatic heterocycles. The summed E-state index contributed by atoms with van der Waals surface area (Å²) in [5, 5.41) is 10.4. The molecule has 3 aromatic heterocycles. The molecule has 0 amide bonds. The molecule has 0 radical (unpaired) electrons. The van der Waals surface area contributed by atoms with Crippen LogP contribution in [0.2, 0.25) is 0 Å². The van der Waals surface area contributed by atoms with Gasteiger partial charge in [0.2, 0.25) is 5.95 Å². The molecule has 0 fully saturated rings. The van der Waals surface area contributed by atoms with E-state index in [2.05, 4.69) is 193 Å². The van der Waals surface area contributed by atoms with Crippen LogP contribution in [-0.4, -0.2) is 14.5 Å². The molecule has 3 heterocycles. The van der Waals surface area contributed by atoms with Gasteiger partial charge >= 0.3 is 0 Å². The summed E-state index contributed by atoms with van der Waals surface area (Å²) in [4.78, 5) is 10.9. The topological polar surface area (TPSA) is 43.9 Å². The van der Waals surface area contributed by atoms with Gasteiger partial charge in [0.15, 0.2) is 0 Å². The minimum absolute atomic E-state index is 0.639. The molecule has 1 aliphatic carbocycles. The van der Waals surface area contributed by atoms with Gasteiger partial charge in [-0.25, -0.2) is 9.97 Å². The van der Waals surface area contributed by atoms with Crippen LogP contribution in [0.5, 0.6) is 0 Å². The Morgan fingerprint density at radius 2 is 1.02 bits per heavy atom. The van der Waals surface area contributed by atoms with Crippen molar-refractivity contribution in [3.05, 3.63) is 210 Å². The monoisotopic (exact) mass is 737 g/mol. The second-order valence-corrected chi connectivity index (χ2v) is 15.3. The van der Waals surface area contributed by atoms with Crippen LogP contribution in [0.3, 0.4) is 0 Å². The lowest BCUT2D eigenvalue weighted by Gasteiger charge is -2.19. The molecule has 0 atom stereocenters. The van der Waals surface area contributed by atoms with Gasteiger partial charge in [-0.2, -0.15) is 0 Å². The lowest BCUT2D eigenvalue weighted by molar-refractivity contribution is 0.669. The van der Waals surface area contributed by atoms with Crippen molar-refractivity contribution in [2.24, 2.45) is 0 Å². The maximum atomic E-state index is 6.42. The van der Waals surface area contributed by atoms with Crippen molar-refractivity contribution in [1.82, 2.24) is 14.5 Å². The Balaban J connectivity index is 1.12. The summed E-state index contributed by atoms with van der Waals surface area (Å²) < 4.78 is 8.70. The van der Waals surface area contributed by atoms with Gasteiger partial charge < -0.3 is 4.42 Å². The molecule has 0 unspecified atom stereocenters. The standard InChI is InChI=1S/C54H31N3O/c1-3-13-32(14-4-1)48-39-21-11-19-34-25-27-45-52(50(34)39)51-40(49(48)33-15-5-2-6-16-33)22-12-24-44(51)57(45)54-55-43-23-10-9-20-38(43)53(56-54)37-26-28-46-41(30-37)42-29-35-17-7-8-18-36(35)31-47(42)58-46/h1-31H. The van der Waals surface area contributed by atoms with E-state index in [0.717, 1.165) is 60.5 Å². The van der Waals surface area contributed by atoms with Gasteiger partial charge in [-0.05, 0) is 103 Å². The van der Waals surface area contributed by atoms with Gasteiger partial charge in [0.1, 0.15) is 11.2 Å². The highest BCUT2D eigenvalue weighted by molar-refractivity contribution is 6.31. The zero-order valence-corrected chi connectivity index (χ0v) is 31.1. The van der Waals surface area contributed by atoms with Crippen molar-refractivity contribution < 1.29 is 4.42 Å². The van der Waals surface area contributed by atoms with Gasteiger partial charge in [0.05, 0.1) is 22.2 Å². The minimum Gasteiger partial charge on any atom is -0.456 e. The average molecular weight is 738 g/mol. The third-order valence-corrected chi connectivity index (χ3v) is 12.1. The van der Waals surface area contributed by atoms with Crippen LogP contribution in [0.25, 0.3) is 105 Å². The predicted molar refractivity (Wildman–Crippen MR) is 240 cm³/mol. The van der Waals surface area contributed by atoms with Crippen LogP contribution >= 0.6 is 0 Å². The molecule has 4 heteroatoms. The van der Waals surface area contributed by atoms with Crippen LogP contribution in [0.1, 0.15) is 22.3 Å². The Bertz CT molecular complexity index is 3720. The van der Waals surface area contributed by atoms with Crippen molar-refractivity contribution in [2.75, 3.05) is 0 Å². The van der Waals surface area contributed by atoms with Crippen molar-refractivity contribution in [2.45, 2.75) is 0 Å². The zero-order valence-electron chi connectivity index (χ0n) is 31.1. The maximum Gasteiger partial charge on any atom is 0.235 e. The van der Waals surface area contributed by atoms with E-state index in [1.165, 1.54) is 60.3 Å². The van der Waals surface area contributed by atoms with Gasteiger partial charge in [0, 0.05) is 32.5 Å². The van der Waals surface area contributed by atoms with Gasteiger partial charge in [-0.1, -0.05) is 140 Å². The van der Waals surface area contributed by atoms with Crippen molar-refractivity contribution in [3.8, 4) is 17.2 Å². The molecule has 12 aromatic rings.